The van der Waals surface area contributed by atoms with Crippen molar-refractivity contribution in [2.75, 3.05) is 12.4 Å². The van der Waals surface area contributed by atoms with Crippen molar-refractivity contribution in [2.45, 2.75) is 4.90 Å². The Hall–Kier alpha value is -1.69. The van der Waals surface area contributed by atoms with Gasteiger partial charge in [0, 0.05) is 21.2 Å². The van der Waals surface area contributed by atoms with Crippen molar-refractivity contribution in [3.63, 3.8) is 0 Å². The van der Waals surface area contributed by atoms with Crippen LogP contribution in [0.1, 0.15) is 10.4 Å². The number of carbonyl (C=O) groups is 1. The largest absolute Gasteiger partial charge is 0.493 e. The Morgan fingerprint density at radius 2 is 2.00 bits per heavy atom. The maximum Gasteiger partial charge on any atom is 0.265 e. The minimum Gasteiger partial charge on any atom is -0.493 e. The van der Waals surface area contributed by atoms with Crippen LogP contribution >= 0.6 is 23.4 Å². The van der Waals surface area contributed by atoms with Gasteiger partial charge in [-0.05, 0) is 42.5 Å². The second kappa shape index (κ2) is 7.93. The van der Waals surface area contributed by atoms with Crippen LogP contribution in [0.25, 0.3) is 0 Å². The van der Waals surface area contributed by atoms with E-state index in [1.54, 1.807) is 36.0 Å². The molecule has 0 fully saturated rings. The number of ether oxygens (including phenoxy) is 1. The molecule has 0 aliphatic rings. The lowest BCUT2D eigenvalue weighted by atomic mass is 10.2. The Morgan fingerprint density at radius 3 is 2.67 bits per heavy atom. The summed E-state index contributed by atoms with van der Waals surface area (Å²) in [6.07, 6.45) is 0. The lowest BCUT2D eigenvalue weighted by molar-refractivity contribution is 0.0953. The zero-order chi connectivity index (χ0) is 15.1. The summed E-state index contributed by atoms with van der Waals surface area (Å²) in [7, 11) is 0. The van der Waals surface area contributed by atoms with Crippen molar-refractivity contribution in [1.82, 2.24) is 5.43 Å². The fourth-order valence-corrected chi connectivity index (χ4v) is 2.70. The van der Waals surface area contributed by atoms with E-state index in [1.165, 1.54) is 0 Å². The number of benzene rings is 2. The maximum absolute atomic E-state index is 11.3. The lowest BCUT2D eigenvalue weighted by Gasteiger charge is -2.07. The molecule has 0 aliphatic carbocycles. The van der Waals surface area contributed by atoms with Crippen LogP contribution in [0, 0.1) is 0 Å². The van der Waals surface area contributed by atoms with Crippen molar-refractivity contribution in [1.29, 1.82) is 0 Å². The van der Waals surface area contributed by atoms with Crippen LogP contribution < -0.4 is 16.0 Å². The molecular weight excluding hydrogens is 308 g/mol. The van der Waals surface area contributed by atoms with E-state index in [1.807, 2.05) is 24.3 Å². The second-order valence-electron chi connectivity index (χ2n) is 4.15. The van der Waals surface area contributed by atoms with E-state index in [0.29, 0.717) is 12.2 Å². The van der Waals surface area contributed by atoms with Gasteiger partial charge in [0.05, 0.1) is 6.61 Å². The van der Waals surface area contributed by atoms with E-state index < -0.39 is 0 Å². The van der Waals surface area contributed by atoms with Gasteiger partial charge >= 0.3 is 0 Å². The topological polar surface area (TPSA) is 64.3 Å². The average Bonchev–Trinajstić information content (AvgIpc) is 2.51. The number of nitrogens with one attached hydrogen (secondary N) is 1. The first-order valence-corrected chi connectivity index (χ1v) is 7.67. The summed E-state index contributed by atoms with van der Waals surface area (Å²) in [5.74, 6) is 6.27. The molecular formula is C15H15ClN2O2S. The highest BCUT2D eigenvalue weighted by Gasteiger charge is 2.03. The normalized spacial score (nSPS) is 10.2. The van der Waals surface area contributed by atoms with Crippen LogP contribution in [0.3, 0.4) is 0 Å². The van der Waals surface area contributed by atoms with Gasteiger partial charge in [-0.3, -0.25) is 10.2 Å². The van der Waals surface area contributed by atoms with Crippen LogP contribution in [0.5, 0.6) is 5.75 Å². The molecule has 0 unspecified atom stereocenters. The summed E-state index contributed by atoms with van der Waals surface area (Å²) in [6, 6.07) is 14.5. The van der Waals surface area contributed by atoms with Crippen LogP contribution in [0.2, 0.25) is 5.02 Å². The van der Waals surface area contributed by atoms with Gasteiger partial charge in [-0.25, -0.2) is 5.84 Å². The summed E-state index contributed by atoms with van der Waals surface area (Å²) in [5, 5.41) is 0.731. The van der Waals surface area contributed by atoms with Gasteiger partial charge in [0.2, 0.25) is 0 Å². The number of halogens is 1. The fraction of sp³-hybridized carbons (Fsp3) is 0.133. The van der Waals surface area contributed by atoms with Gasteiger partial charge in [0.25, 0.3) is 5.91 Å². The molecule has 0 atom stereocenters. The first-order valence-electron chi connectivity index (χ1n) is 6.31. The first kappa shape index (κ1) is 15.7. The molecule has 3 N–H and O–H groups in total. The minimum atomic E-state index is -0.321. The van der Waals surface area contributed by atoms with Gasteiger partial charge in [-0.1, -0.05) is 17.7 Å². The summed E-state index contributed by atoms with van der Waals surface area (Å²) in [4.78, 5) is 12.4. The Labute approximate surface area is 132 Å². The molecule has 2 rings (SSSR count). The Balaban J connectivity index is 1.77. The van der Waals surface area contributed by atoms with E-state index in [-0.39, 0.29) is 5.91 Å². The quantitative estimate of drug-likeness (QED) is 0.282. The summed E-state index contributed by atoms with van der Waals surface area (Å²) in [6.45, 7) is 0.569. The van der Waals surface area contributed by atoms with Crippen molar-refractivity contribution >= 4 is 29.3 Å². The van der Waals surface area contributed by atoms with E-state index in [4.69, 9.17) is 22.2 Å². The number of hydrazine groups is 1. The highest BCUT2D eigenvalue weighted by Crippen LogP contribution is 2.21. The summed E-state index contributed by atoms with van der Waals surface area (Å²) >= 11 is 7.60. The number of nitrogens with two attached hydrogens (primary N) is 1. The van der Waals surface area contributed by atoms with Gasteiger partial charge in [-0.15, -0.1) is 11.8 Å². The summed E-state index contributed by atoms with van der Waals surface area (Å²) < 4.78 is 5.61. The fourth-order valence-electron chi connectivity index (χ4n) is 1.66. The number of amides is 1. The van der Waals surface area contributed by atoms with E-state index in [9.17, 15) is 4.79 Å². The van der Waals surface area contributed by atoms with Crippen molar-refractivity contribution < 1.29 is 9.53 Å². The molecule has 0 aromatic heterocycles. The molecule has 0 spiro atoms. The Kier molecular flexibility index (Phi) is 5.92. The van der Waals surface area contributed by atoms with Crippen LogP contribution in [-0.2, 0) is 0 Å². The lowest BCUT2D eigenvalue weighted by Crippen LogP contribution is -2.29. The third kappa shape index (κ3) is 4.97. The number of carbonyl (C=O) groups excluding carboxylic acids is 1. The number of nitrogen functional groups attached to an aromatic ring is 1. The third-order valence-corrected chi connectivity index (χ3v) is 3.86. The monoisotopic (exact) mass is 322 g/mol. The average molecular weight is 323 g/mol. The van der Waals surface area contributed by atoms with Gasteiger partial charge in [-0.2, -0.15) is 0 Å². The molecule has 4 nitrogen and oxygen atoms in total. The highest BCUT2D eigenvalue weighted by atomic mass is 35.5. The van der Waals surface area contributed by atoms with Gasteiger partial charge in [0.1, 0.15) is 5.75 Å². The van der Waals surface area contributed by atoms with Crippen LogP contribution in [0.15, 0.2) is 53.4 Å². The van der Waals surface area contributed by atoms with E-state index in [0.717, 1.165) is 21.4 Å². The number of hydrogen-bond donors (Lipinski definition) is 2. The molecule has 0 saturated carbocycles. The molecule has 0 radical (unpaired) electrons. The molecule has 110 valence electrons. The van der Waals surface area contributed by atoms with Gasteiger partial charge in [0.15, 0.2) is 0 Å². The maximum atomic E-state index is 11.3. The minimum absolute atomic E-state index is 0.321. The molecule has 0 saturated heterocycles. The zero-order valence-corrected chi connectivity index (χ0v) is 12.8. The SMILES string of the molecule is NNC(=O)c1ccc(OCCSc2cccc(Cl)c2)cc1. The molecule has 0 aliphatic heterocycles. The van der Waals surface area contributed by atoms with Crippen molar-refractivity contribution in [3.8, 4) is 5.75 Å². The smallest absolute Gasteiger partial charge is 0.265 e. The molecule has 0 heterocycles. The zero-order valence-electron chi connectivity index (χ0n) is 11.2. The third-order valence-electron chi connectivity index (χ3n) is 2.66. The predicted octanol–water partition coefficient (Wildman–Crippen LogP) is 3.11. The van der Waals surface area contributed by atoms with Crippen molar-refractivity contribution in [2.24, 2.45) is 5.84 Å². The predicted molar refractivity (Wildman–Crippen MR) is 85.8 cm³/mol. The molecule has 6 heteroatoms. The molecule has 2 aromatic rings. The Bertz CT molecular complexity index is 605. The molecule has 21 heavy (non-hydrogen) atoms. The van der Waals surface area contributed by atoms with Gasteiger partial charge < -0.3 is 4.74 Å². The van der Waals surface area contributed by atoms with Crippen LogP contribution in [-0.4, -0.2) is 18.3 Å². The molecule has 2 aromatic carbocycles. The first-order chi connectivity index (χ1) is 10.2. The van der Waals surface area contributed by atoms with E-state index >= 15 is 0 Å². The van der Waals surface area contributed by atoms with E-state index in [2.05, 4.69) is 5.43 Å². The number of rotatable bonds is 6. The second-order valence-corrected chi connectivity index (χ2v) is 5.76. The molecule has 0 bridgehead atoms. The van der Waals surface area contributed by atoms with Crippen molar-refractivity contribution in [3.05, 3.63) is 59.1 Å². The van der Waals surface area contributed by atoms with Crippen LogP contribution in [0.4, 0.5) is 0 Å². The standard InChI is InChI=1S/C15H15ClN2O2S/c16-12-2-1-3-14(10-12)21-9-8-20-13-6-4-11(5-7-13)15(19)18-17/h1-7,10H,8-9,17H2,(H,18,19). The summed E-state index contributed by atoms with van der Waals surface area (Å²) in [5.41, 5.74) is 2.58. The molecule has 1 amide bonds. The number of hydrogen-bond acceptors (Lipinski definition) is 4. The highest BCUT2D eigenvalue weighted by molar-refractivity contribution is 7.99. The Morgan fingerprint density at radius 1 is 1.24 bits per heavy atom. The number of thioether (sulfide) groups is 1.